The smallest absolute Gasteiger partial charge is 0.287 e. The van der Waals surface area contributed by atoms with Gasteiger partial charge in [0.2, 0.25) is 0 Å². The van der Waals surface area contributed by atoms with Gasteiger partial charge in [0.1, 0.15) is 12.4 Å². The maximum Gasteiger partial charge on any atom is 0.287 e. The van der Waals surface area contributed by atoms with E-state index in [2.05, 4.69) is 26.1 Å². The van der Waals surface area contributed by atoms with E-state index in [0.29, 0.717) is 11.5 Å². The highest BCUT2D eigenvalue weighted by Crippen LogP contribution is 2.17. The van der Waals surface area contributed by atoms with Crippen molar-refractivity contribution in [1.29, 1.82) is 0 Å². The predicted octanol–water partition coefficient (Wildman–Crippen LogP) is 1.01. The number of nitrogen functional groups attached to an aromatic ring is 1. The van der Waals surface area contributed by atoms with Crippen LogP contribution in [0.4, 0.5) is 0 Å². The summed E-state index contributed by atoms with van der Waals surface area (Å²) in [4.78, 5) is 15.1. The first-order valence-electron chi connectivity index (χ1n) is 4.89. The highest BCUT2D eigenvalue weighted by molar-refractivity contribution is 9.10. The van der Waals surface area contributed by atoms with E-state index in [1.807, 2.05) is 5.43 Å². The number of hydrogen-bond acceptors (Lipinski definition) is 6. The molecule has 0 bridgehead atoms. The molecule has 94 valence electrons. The minimum absolute atomic E-state index is 0.100. The van der Waals surface area contributed by atoms with E-state index in [9.17, 15) is 4.79 Å². The largest absolute Gasteiger partial charge is 0.484 e. The van der Waals surface area contributed by atoms with Crippen molar-refractivity contribution in [2.75, 3.05) is 0 Å². The van der Waals surface area contributed by atoms with Gasteiger partial charge >= 0.3 is 0 Å². The van der Waals surface area contributed by atoms with Gasteiger partial charge in [-0.25, -0.2) is 5.84 Å². The number of carbonyl (C=O) groups is 1. The summed E-state index contributed by atoms with van der Waals surface area (Å²) < 4.78 is 11.1. The molecule has 2 rings (SSSR count). The maximum atomic E-state index is 11.1. The highest BCUT2D eigenvalue weighted by atomic mass is 79.9. The number of pyridine rings is 1. The van der Waals surface area contributed by atoms with E-state index in [-0.39, 0.29) is 12.3 Å². The number of halogens is 1. The molecule has 0 unspecified atom stereocenters. The van der Waals surface area contributed by atoms with Gasteiger partial charge in [-0.15, -0.1) is 0 Å². The zero-order valence-electron chi connectivity index (χ0n) is 9.09. The van der Waals surface area contributed by atoms with Gasteiger partial charge in [0.25, 0.3) is 5.91 Å². The van der Waals surface area contributed by atoms with Gasteiger partial charge in [-0.05, 0) is 22.0 Å². The molecule has 2 heterocycles. The van der Waals surface area contributed by atoms with Gasteiger partial charge in [0.15, 0.2) is 11.5 Å². The molecular weight excluding hydrogens is 304 g/mol. The second-order valence-corrected chi connectivity index (χ2v) is 4.20. The summed E-state index contributed by atoms with van der Waals surface area (Å²) in [6, 6.07) is 3.21. The summed E-state index contributed by atoms with van der Waals surface area (Å²) in [6.07, 6.45) is 3.21. The van der Waals surface area contributed by atoms with Crippen molar-refractivity contribution >= 4 is 21.8 Å². The normalized spacial score (nSPS) is 10.1. The van der Waals surface area contributed by atoms with Crippen LogP contribution < -0.4 is 16.0 Å². The minimum Gasteiger partial charge on any atom is -0.484 e. The molecule has 0 saturated carbocycles. The summed E-state index contributed by atoms with van der Waals surface area (Å²) in [5, 5.41) is 3.54. The first-order valence-corrected chi connectivity index (χ1v) is 5.68. The van der Waals surface area contributed by atoms with Gasteiger partial charge in [0, 0.05) is 16.7 Å². The fourth-order valence-electron chi connectivity index (χ4n) is 1.19. The number of ether oxygens (including phenoxy) is 1. The molecule has 8 heteroatoms. The monoisotopic (exact) mass is 312 g/mol. The number of aromatic nitrogens is 2. The van der Waals surface area contributed by atoms with Crippen LogP contribution in [0.15, 0.2) is 33.5 Å². The van der Waals surface area contributed by atoms with Crippen LogP contribution in [0.5, 0.6) is 5.75 Å². The Morgan fingerprint density at radius 3 is 3.06 bits per heavy atom. The maximum absolute atomic E-state index is 11.1. The average Bonchev–Trinajstić information content (AvgIpc) is 2.84. The quantitative estimate of drug-likeness (QED) is 0.496. The molecule has 0 aliphatic rings. The van der Waals surface area contributed by atoms with E-state index in [4.69, 9.17) is 15.1 Å². The Morgan fingerprint density at radius 2 is 2.33 bits per heavy atom. The Kier molecular flexibility index (Phi) is 3.90. The first-order chi connectivity index (χ1) is 8.69. The minimum atomic E-state index is -0.519. The van der Waals surface area contributed by atoms with Crippen LogP contribution in [0.2, 0.25) is 0 Å². The SMILES string of the molecule is NNC(=O)c1cc(COc2cncc(Br)c2)on1. The lowest BCUT2D eigenvalue weighted by molar-refractivity contribution is 0.0944. The zero-order chi connectivity index (χ0) is 13.0. The van der Waals surface area contributed by atoms with Gasteiger partial charge in [0.05, 0.1) is 6.20 Å². The van der Waals surface area contributed by atoms with Crippen molar-refractivity contribution < 1.29 is 14.1 Å². The zero-order valence-corrected chi connectivity index (χ0v) is 10.7. The molecule has 3 N–H and O–H groups in total. The molecule has 1 amide bonds. The van der Waals surface area contributed by atoms with Crippen molar-refractivity contribution in [2.24, 2.45) is 5.84 Å². The molecule has 0 aromatic carbocycles. The van der Waals surface area contributed by atoms with Gasteiger partial charge < -0.3 is 9.26 Å². The number of carbonyl (C=O) groups excluding carboxylic acids is 1. The molecule has 0 atom stereocenters. The van der Waals surface area contributed by atoms with Crippen LogP contribution in [0, 0.1) is 0 Å². The van der Waals surface area contributed by atoms with Crippen molar-refractivity contribution in [3.63, 3.8) is 0 Å². The molecule has 0 spiro atoms. The van der Waals surface area contributed by atoms with Crippen LogP contribution in [0.3, 0.4) is 0 Å². The number of hydrazine groups is 1. The number of rotatable bonds is 4. The summed E-state index contributed by atoms with van der Waals surface area (Å²) >= 11 is 3.28. The van der Waals surface area contributed by atoms with Crippen LogP contribution in [0.25, 0.3) is 0 Å². The number of nitrogens with two attached hydrogens (primary N) is 1. The van der Waals surface area contributed by atoms with Crippen molar-refractivity contribution in [2.45, 2.75) is 6.61 Å². The lowest BCUT2D eigenvalue weighted by atomic mass is 10.3. The Labute approximate surface area is 110 Å². The second-order valence-electron chi connectivity index (χ2n) is 3.28. The van der Waals surface area contributed by atoms with Gasteiger partial charge in [-0.2, -0.15) is 0 Å². The predicted molar refractivity (Wildman–Crippen MR) is 64.4 cm³/mol. The lowest BCUT2D eigenvalue weighted by Gasteiger charge is -2.02. The summed E-state index contributed by atoms with van der Waals surface area (Å²) in [7, 11) is 0. The molecular formula is C10H9BrN4O3. The molecule has 0 aliphatic heterocycles. The number of amides is 1. The van der Waals surface area contributed by atoms with Crippen LogP contribution in [-0.2, 0) is 6.61 Å². The first kappa shape index (κ1) is 12.5. The van der Waals surface area contributed by atoms with Gasteiger partial charge in [-0.3, -0.25) is 15.2 Å². The van der Waals surface area contributed by atoms with Crippen LogP contribution in [-0.4, -0.2) is 16.0 Å². The molecule has 0 fully saturated rings. The molecule has 18 heavy (non-hydrogen) atoms. The van der Waals surface area contributed by atoms with Crippen molar-refractivity contribution in [3.8, 4) is 5.75 Å². The standard InChI is InChI=1S/C10H9BrN4O3/c11-6-1-7(4-13-3-6)17-5-8-2-9(15-18-8)10(16)14-12/h1-4H,5,12H2,(H,14,16). The third-order valence-corrected chi connectivity index (χ3v) is 2.42. The number of hydrogen-bond donors (Lipinski definition) is 2. The Balaban J connectivity index is 1.98. The van der Waals surface area contributed by atoms with Crippen LogP contribution >= 0.6 is 15.9 Å². The van der Waals surface area contributed by atoms with Gasteiger partial charge in [-0.1, -0.05) is 5.16 Å². The van der Waals surface area contributed by atoms with E-state index < -0.39 is 5.91 Å². The molecule has 0 aliphatic carbocycles. The summed E-state index contributed by atoms with van der Waals surface area (Å²) in [6.45, 7) is 0.142. The van der Waals surface area contributed by atoms with E-state index in [0.717, 1.165) is 4.47 Å². The average molecular weight is 313 g/mol. The molecule has 7 nitrogen and oxygen atoms in total. The lowest BCUT2D eigenvalue weighted by Crippen LogP contribution is -2.30. The number of nitrogens with zero attached hydrogens (tertiary/aromatic N) is 2. The fraction of sp³-hybridized carbons (Fsp3) is 0.100. The number of nitrogens with one attached hydrogen (secondary N) is 1. The molecule has 2 aromatic rings. The Hall–Kier alpha value is -1.93. The second kappa shape index (κ2) is 5.61. The third kappa shape index (κ3) is 3.05. The Morgan fingerprint density at radius 1 is 1.50 bits per heavy atom. The molecule has 0 saturated heterocycles. The van der Waals surface area contributed by atoms with E-state index >= 15 is 0 Å². The summed E-state index contributed by atoms with van der Waals surface area (Å²) in [5.74, 6) is 5.44. The molecule has 2 aromatic heterocycles. The third-order valence-electron chi connectivity index (χ3n) is 1.98. The van der Waals surface area contributed by atoms with E-state index in [1.165, 1.54) is 6.07 Å². The molecule has 0 radical (unpaired) electrons. The topological polar surface area (TPSA) is 103 Å². The Bertz CT molecular complexity index is 558. The summed E-state index contributed by atoms with van der Waals surface area (Å²) in [5.41, 5.74) is 2.06. The fourth-order valence-corrected chi connectivity index (χ4v) is 1.53. The van der Waals surface area contributed by atoms with Crippen molar-refractivity contribution in [1.82, 2.24) is 15.6 Å². The van der Waals surface area contributed by atoms with Crippen molar-refractivity contribution in [3.05, 3.63) is 40.5 Å². The van der Waals surface area contributed by atoms with Crippen LogP contribution in [0.1, 0.15) is 16.2 Å². The highest BCUT2D eigenvalue weighted by Gasteiger charge is 2.11. The van der Waals surface area contributed by atoms with E-state index in [1.54, 1.807) is 18.5 Å².